The Morgan fingerprint density at radius 2 is 1.90 bits per heavy atom. The van der Waals surface area contributed by atoms with Gasteiger partial charge in [-0.15, -0.1) is 5.10 Å². The second-order valence-electron chi connectivity index (χ2n) is 6.44. The number of aromatic nitrogens is 2. The van der Waals surface area contributed by atoms with Gasteiger partial charge in [0.25, 0.3) is 5.90 Å². The molecule has 1 aliphatic rings. The Balaban J connectivity index is 1.51. The summed E-state index contributed by atoms with van der Waals surface area (Å²) in [7, 11) is 3.10. The zero-order valence-corrected chi connectivity index (χ0v) is 17.2. The third-order valence-corrected chi connectivity index (χ3v) is 4.50. The van der Waals surface area contributed by atoms with Crippen LogP contribution < -0.4 is 9.47 Å². The predicted octanol–water partition coefficient (Wildman–Crippen LogP) is 3.17. The number of methoxy groups -OCH3 is 1. The molecule has 4 rings (SSSR count). The van der Waals surface area contributed by atoms with E-state index in [-0.39, 0.29) is 12.5 Å². The van der Waals surface area contributed by atoms with Gasteiger partial charge in [-0.25, -0.2) is 4.68 Å². The van der Waals surface area contributed by atoms with Gasteiger partial charge in [0.1, 0.15) is 26.1 Å². The van der Waals surface area contributed by atoms with Crippen molar-refractivity contribution in [1.29, 1.82) is 0 Å². The van der Waals surface area contributed by atoms with Crippen LogP contribution in [-0.2, 0) is 21.0 Å². The summed E-state index contributed by atoms with van der Waals surface area (Å²) in [5.41, 5.74) is 2.97. The average Bonchev–Trinajstić information content (AvgIpc) is 3.31. The molecule has 0 amide bonds. The fraction of sp³-hybridized carbons (Fsp3) is 0.227. The van der Waals surface area contributed by atoms with Gasteiger partial charge in [-0.3, -0.25) is 0 Å². The molecule has 0 atom stereocenters. The quantitative estimate of drug-likeness (QED) is 0.409. The molecule has 9 nitrogen and oxygen atoms in total. The Hall–Kier alpha value is -4.01. The molecular weight excluding hydrogens is 400 g/mol. The molecule has 0 N–H and O–H groups in total. The van der Waals surface area contributed by atoms with Gasteiger partial charge in [0.2, 0.25) is 5.88 Å². The molecule has 31 heavy (non-hydrogen) atoms. The molecule has 0 aliphatic carbocycles. The average molecular weight is 422 g/mol. The highest BCUT2D eigenvalue weighted by atomic mass is 16.7. The van der Waals surface area contributed by atoms with E-state index in [0.29, 0.717) is 24.8 Å². The Labute approximate surface area is 179 Å². The van der Waals surface area contributed by atoms with Gasteiger partial charge in [0.05, 0.1) is 12.8 Å². The zero-order chi connectivity index (χ0) is 21.5. The monoisotopic (exact) mass is 422 g/mol. The maximum atomic E-state index is 5.93. The Morgan fingerprint density at radius 1 is 1.06 bits per heavy atom. The normalized spacial score (nSPS) is 13.6. The maximum absolute atomic E-state index is 5.93. The van der Waals surface area contributed by atoms with E-state index in [1.807, 2.05) is 54.7 Å². The summed E-state index contributed by atoms with van der Waals surface area (Å²) in [5, 5.41) is 12.5. The number of nitrogens with zero attached hydrogens (tertiary/aromatic N) is 4. The van der Waals surface area contributed by atoms with Gasteiger partial charge in [0.15, 0.2) is 12.3 Å². The van der Waals surface area contributed by atoms with Gasteiger partial charge in [-0.2, -0.15) is 0 Å². The standard InChI is InChI=1S/C22H22N4O5/c1-27-18-9-7-17(8-10-18)26-12-11-20(23-26)30-15-16-5-3-4-6-19(16)21(24-28-2)22-25-31-14-13-29-22/h3-12H,13-15H2,1-2H3/b24-21-. The van der Waals surface area contributed by atoms with Crippen LogP contribution >= 0.6 is 0 Å². The van der Waals surface area contributed by atoms with Crippen molar-refractivity contribution in [3.8, 4) is 17.3 Å². The first-order valence-corrected chi connectivity index (χ1v) is 9.64. The third kappa shape index (κ3) is 4.77. The molecule has 3 aromatic rings. The third-order valence-electron chi connectivity index (χ3n) is 4.50. The molecule has 0 unspecified atom stereocenters. The first-order valence-electron chi connectivity index (χ1n) is 9.64. The van der Waals surface area contributed by atoms with E-state index in [4.69, 9.17) is 23.9 Å². The maximum Gasteiger partial charge on any atom is 0.280 e. The number of ether oxygens (including phenoxy) is 3. The SMILES string of the molecule is CO/N=C(\C1=NOCCO1)c1ccccc1COc1ccn(-c2ccc(OC)cc2)n1. The molecule has 0 fully saturated rings. The Kier molecular flexibility index (Phi) is 6.32. The van der Waals surface area contributed by atoms with E-state index in [1.165, 1.54) is 7.11 Å². The van der Waals surface area contributed by atoms with E-state index in [1.54, 1.807) is 17.9 Å². The first kappa shape index (κ1) is 20.3. The second kappa shape index (κ2) is 9.66. The van der Waals surface area contributed by atoms with Crippen molar-refractivity contribution in [2.75, 3.05) is 27.4 Å². The number of benzene rings is 2. The van der Waals surface area contributed by atoms with Crippen LogP contribution in [0.2, 0.25) is 0 Å². The largest absolute Gasteiger partial charge is 0.497 e. The molecule has 2 heterocycles. The molecule has 0 saturated carbocycles. The summed E-state index contributed by atoms with van der Waals surface area (Å²) in [6.45, 7) is 1.06. The van der Waals surface area contributed by atoms with Crippen LogP contribution in [-0.4, -0.2) is 48.8 Å². The molecule has 2 aromatic carbocycles. The van der Waals surface area contributed by atoms with Crippen LogP contribution in [0, 0.1) is 0 Å². The number of rotatable bonds is 8. The van der Waals surface area contributed by atoms with Gasteiger partial charge in [-0.1, -0.05) is 29.4 Å². The first-order chi connectivity index (χ1) is 15.3. The van der Waals surface area contributed by atoms with E-state index in [9.17, 15) is 0 Å². The van der Waals surface area contributed by atoms with Crippen molar-refractivity contribution in [1.82, 2.24) is 9.78 Å². The van der Waals surface area contributed by atoms with Crippen LogP contribution in [0.5, 0.6) is 11.6 Å². The van der Waals surface area contributed by atoms with E-state index in [2.05, 4.69) is 15.4 Å². The van der Waals surface area contributed by atoms with Crippen LogP contribution in [0.25, 0.3) is 5.69 Å². The Bertz CT molecular complexity index is 1080. The lowest BCUT2D eigenvalue weighted by molar-refractivity contribution is 0.0672. The van der Waals surface area contributed by atoms with Crippen LogP contribution in [0.1, 0.15) is 11.1 Å². The van der Waals surface area contributed by atoms with Crippen molar-refractivity contribution in [3.05, 3.63) is 71.9 Å². The smallest absolute Gasteiger partial charge is 0.280 e. The lowest BCUT2D eigenvalue weighted by atomic mass is 10.0. The molecule has 160 valence electrons. The van der Waals surface area contributed by atoms with Gasteiger partial charge in [0, 0.05) is 17.8 Å². The van der Waals surface area contributed by atoms with Crippen molar-refractivity contribution < 1.29 is 23.9 Å². The molecule has 0 spiro atoms. The predicted molar refractivity (Wildman–Crippen MR) is 114 cm³/mol. The summed E-state index contributed by atoms with van der Waals surface area (Å²) in [6.07, 6.45) is 1.84. The highest BCUT2D eigenvalue weighted by Crippen LogP contribution is 2.19. The Morgan fingerprint density at radius 3 is 2.65 bits per heavy atom. The summed E-state index contributed by atoms with van der Waals surface area (Å²) in [5.74, 6) is 1.55. The summed E-state index contributed by atoms with van der Waals surface area (Å²) in [4.78, 5) is 10.1. The highest BCUT2D eigenvalue weighted by molar-refractivity contribution is 6.45. The van der Waals surface area contributed by atoms with Crippen molar-refractivity contribution in [2.45, 2.75) is 6.61 Å². The van der Waals surface area contributed by atoms with Crippen LogP contribution in [0.15, 0.2) is 71.1 Å². The van der Waals surface area contributed by atoms with E-state index < -0.39 is 0 Å². The van der Waals surface area contributed by atoms with Crippen LogP contribution in [0.3, 0.4) is 0 Å². The zero-order valence-electron chi connectivity index (χ0n) is 17.2. The van der Waals surface area contributed by atoms with Gasteiger partial charge < -0.3 is 23.9 Å². The van der Waals surface area contributed by atoms with Crippen LogP contribution in [0.4, 0.5) is 0 Å². The highest BCUT2D eigenvalue weighted by Gasteiger charge is 2.21. The molecule has 1 aromatic heterocycles. The number of hydrogen-bond acceptors (Lipinski definition) is 8. The molecule has 0 radical (unpaired) electrons. The molecular formula is C22H22N4O5. The topological polar surface area (TPSA) is 88.7 Å². The van der Waals surface area contributed by atoms with Crippen molar-refractivity contribution >= 4 is 11.6 Å². The number of oxime groups is 2. The lowest BCUT2D eigenvalue weighted by Gasteiger charge is -2.16. The minimum Gasteiger partial charge on any atom is -0.497 e. The minimum atomic E-state index is 0.268. The summed E-state index contributed by atoms with van der Waals surface area (Å²) >= 11 is 0. The molecule has 1 aliphatic heterocycles. The molecule has 0 saturated heterocycles. The molecule has 0 bridgehead atoms. The fourth-order valence-electron chi connectivity index (χ4n) is 3.00. The lowest BCUT2D eigenvalue weighted by Crippen LogP contribution is -2.26. The second-order valence-corrected chi connectivity index (χ2v) is 6.44. The fourth-order valence-corrected chi connectivity index (χ4v) is 3.00. The number of hydrogen-bond donors (Lipinski definition) is 0. The molecule has 9 heteroatoms. The van der Waals surface area contributed by atoms with Crippen molar-refractivity contribution in [3.63, 3.8) is 0 Å². The summed E-state index contributed by atoms with van der Waals surface area (Å²) < 4.78 is 18.4. The van der Waals surface area contributed by atoms with Gasteiger partial charge >= 0.3 is 0 Å². The van der Waals surface area contributed by atoms with E-state index in [0.717, 1.165) is 22.6 Å². The minimum absolute atomic E-state index is 0.268. The van der Waals surface area contributed by atoms with Crippen molar-refractivity contribution in [2.24, 2.45) is 10.3 Å². The summed E-state index contributed by atoms with van der Waals surface area (Å²) in [6, 6.07) is 17.1. The van der Waals surface area contributed by atoms with E-state index >= 15 is 0 Å². The van der Waals surface area contributed by atoms with Gasteiger partial charge in [-0.05, 0) is 35.0 Å².